The van der Waals surface area contributed by atoms with Crippen LogP contribution in [-0.2, 0) is 4.79 Å². The third-order valence-corrected chi connectivity index (χ3v) is 5.12. The molecule has 1 saturated carbocycles. The number of hydrogen-bond donors (Lipinski definition) is 1. The van der Waals surface area contributed by atoms with Gasteiger partial charge in [0.25, 0.3) is 0 Å². The average molecular weight is 309 g/mol. The van der Waals surface area contributed by atoms with Crippen molar-refractivity contribution in [2.75, 3.05) is 5.32 Å². The van der Waals surface area contributed by atoms with E-state index in [9.17, 15) is 4.79 Å². The Morgan fingerprint density at radius 1 is 0.870 bits per heavy atom. The van der Waals surface area contributed by atoms with Gasteiger partial charge in [0, 0.05) is 11.6 Å². The molecule has 0 aromatic heterocycles. The molecule has 1 fully saturated rings. The molecule has 2 aliphatic carbocycles. The SMILES string of the molecule is Cc1ccc(NC(=O)C2[C@H]3CC/C=C\CC/C=C/CC[C@@H]23)cc1. The molecule has 122 valence electrons. The molecule has 23 heavy (non-hydrogen) atoms. The lowest BCUT2D eigenvalue weighted by molar-refractivity contribution is -0.117. The summed E-state index contributed by atoms with van der Waals surface area (Å²) in [6.07, 6.45) is 15.9. The average Bonchev–Trinajstić information content (AvgIpc) is 3.22. The Hall–Kier alpha value is -1.83. The Labute approximate surface area is 139 Å². The largest absolute Gasteiger partial charge is 0.326 e. The molecule has 1 aromatic rings. The van der Waals surface area contributed by atoms with Gasteiger partial charge in [0.2, 0.25) is 5.91 Å². The number of allylic oxidation sites excluding steroid dienone is 4. The minimum absolute atomic E-state index is 0.207. The summed E-state index contributed by atoms with van der Waals surface area (Å²) in [6.45, 7) is 2.06. The van der Waals surface area contributed by atoms with Crippen molar-refractivity contribution in [3.63, 3.8) is 0 Å². The van der Waals surface area contributed by atoms with E-state index in [2.05, 4.69) is 36.5 Å². The first-order valence-corrected chi connectivity index (χ1v) is 8.93. The Morgan fingerprint density at radius 2 is 1.39 bits per heavy atom. The van der Waals surface area contributed by atoms with E-state index < -0.39 is 0 Å². The number of fused-ring (bicyclic) bond motifs is 1. The molecule has 1 aromatic carbocycles. The van der Waals surface area contributed by atoms with Crippen LogP contribution >= 0.6 is 0 Å². The highest BCUT2D eigenvalue weighted by molar-refractivity contribution is 5.94. The first-order valence-electron chi connectivity index (χ1n) is 8.93. The lowest BCUT2D eigenvalue weighted by Crippen LogP contribution is -2.15. The van der Waals surface area contributed by atoms with E-state index in [0.29, 0.717) is 11.8 Å². The van der Waals surface area contributed by atoms with Crippen LogP contribution in [0.25, 0.3) is 0 Å². The molecule has 0 spiro atoms. The molecule has 0 bridgehead atoms. The van der Waals surface area contributed by atoms with Crippen LogP contribution in [0.4, 0.5) is 5.69 Å². The van der Waals surface area contributed by atoms with Crippen LogP contribution in [0, 0.1) is 24.7 Å². The van der Waals surface area contributed by atoms with E-state index in [1.165, 1.54) is 5.56 Å². The van der Waals surface area contributed by atoms with Gasteiger partial charge in [-0.1, -0.05) is 42.0 Å². The number of aryl methyl sites for hydroxylation is 1. The van der Waals surface area contributed by atoms with Crippen molar-refractivity contribution in [2.45, 2.75) is 45.4 Å². The van der Waals surface area contributed by atoms with Gasteiger partial charge in [0.05, 0.1) is 0 Å². The van der Waals surface area contributed by atoms with Gasteiger partial charge >= 0.3 is 0 Å². The van der Waals surface area contributed by atoms with E-state index in [1.54, 1.807) is 0 Å². The summed E-state index contributed by atoms with van der Waals surface area (Å²) in [5.41, 5.74) is 2.14. The fraction of sp³-hybridized carbons (Fsp3) is 0.476. The second-order valence-corrected chi connectivity index (χ2v) is 6.88. The maximum absolute atomic E-state index is 12.6. The van der Waals surface area contributed by atoms with Crippen LogP contribution in [0.2, 0.25) is 0 Å². The molecule has 1 amide bonds. The zero-order valence-corrected chi connectivity index (χ0v) is 14.0. The normalized spacial score (nSPS) is 30.2. The minimum atomic E-state index is 0.207. The topological polar surface area (TPSA) is 29.1 Å². The van der Waals surface area contributed by atoms with Crippen LogP contribution in [0.3, 0.4) is 0 Å². The van der Waals surface area contributed by atoms with Gasteiger partial charge in [-0.15, -0.1) is 0 Å². The Kier molecular flexibility index (Phi) is 5.32. The maximum atomic E-state index is 12.6. The van der Waals surface area contributed by atoms with Gasteiger partial charge in [-0.25, -0.2) is 0 Å². The van der Waals surface area contributed by atoms with Gasteiger partial charge in [0.15, 0.2) is 0 Å². The summed E-state index contributed by atoms with van der Waals surface area (Å²) in [5, 5.41) is 3.11. The van der Waals surface area contributed by atoms with Crippen LogP contribution in [-0.4, -0.2) is 5.91 Å². The van der Waals surface area contributed by atoms with Crippen molar-refractivity contribution in [3.05, 3.63) is 54.1 Å². The molecule has 0 saturated heterocycles. The first kappa shape index (κ1) is 16.0. The van der Waals surface area contributed by atoms with Crippen LogP contribution in [0.5, 0.6) is 0 Å². The van der Waals surface area contributed by atoms with Crippen molar-refractivity contribution in [2.24, 2.45) is 17.8 Å². The van der Waals surface area contributed by atoms with Crippen LogP contribution < -0.4 is 5.32 Å². The van der Waals surface area contributed by atoms with Gasteiger partial charge in [-0.3, -0.25) is 4.79 Å². The fourth-order valence-electron chi connectivity index (χ4n) is 3.72. The molecule has 3 atom stereocenters. The molecule has 2 heteroatoms. The number of amides is 1. The van der Waals surface area contributed by atoms with Crippen LogP contribution in [0.15, 0.2) is 48.6 Å². The molecule has 3 rings (SSSR count). The number of hydrogen-bond acceptors (Lipinski definition) is 1. The van der Waals surface area contributed by atoms with Crippen LogP contribution in [0.1, 0.15) is 44.1 Å². The quantitative estimate of drug-likeness (QED) is 0.742. The number of rotatable bonds is 2. The van der Waals surface area contributed by atoms with E-state index in [-0.39, 0.29) is 11.8 Å². The zero-order chi connectivity index (χ0) is 16.1. The number of carbonyl (C=O) groups excluding carboxylic acids is 1. The lowest BCUT2D eigenvalue weighted by Gasteiger charge is -2.05. The van der Waals surface area contributed by atoms with Crippen molar-refractivity contribution in [1.29, 1.82) is 0 Å². The van der Waals surface area contributed by atoms with E-state index in [0.717, 1.165) is 44.2 Å². The number of nitrogens with one attached hydrogen (secondary N) is 1. The summed E-state index contributed by atoms with van der Waals surface area (Å²) < 4.78 is 0. The molecule has 0 radical (unpaired) electrons. The summed E-state index contributed by atoms with van der Waals surface area (Å²) in [4.78, 5) is 12.6. The maximum Gasteiger partial charge on any atom is 0.228 e. The third-order valence-electron chi connectivity index (χ3n) is 5.12. The standard InChI is InChI=1S/C21H27NO/c1-16-12-14-17(15-13-16)22-21(23)20-18-10-8-6-4-2-3-5-7-9-11-19(18)20/h4-7,12-15,18-20H,2-3,8-11H2,1H3,(H,22,23)/b6-4-,7-5+/t18-,19+,20?/m0/s1. The monoisotopic (exact) mass is 309 g/mol. The van der Waals surface area contributed by atoms with E-state index in [4.69, 9.17) is 0 Å². The number of carbonyl (C=O) groups is 1. The highest BCUT2D eigenvalue weighted by Gasteiger charge is 2.52. The highest BCUT2D eigenvalue weighted by atomic mass is 16.2. The molecule has 1 N–H and O–H groups in total. The molecule has 2 aliphatic rings. The zero-order valence-electron chi connectivity index (χ0n) is 14.0. The third kappa shape index (κ3) is 4.34. The van der Waals surface area contributed by atoms with Crippen molar-refractivity contribution in [1.82, 2.24) is 0 Å². The van der Waals surface area contributed by atoms with Gasteiger partial charge in [0.1, 0.15) is 0 Å². The Bertz CT molecular complexity index is 560. The molecule has 0 aliphatic heterocycles. The molecular formula is C21H27NO. The van der Waals surface area contributed by atoms with Gasteiger partial charge in [-0.2, -0.15) is 0 Å². The van der Waals surface area contributed by atoms with E-state index >= 15 is 0 Å². The second kappa shape index (κ2) is 7.63. The predicted octanol–water partition coefficient (Wildman–Crippen LogP) is 5.26. The summed E-state index contributed by atoms with van der Waals surface area (Å²) in [5.74, 6) is 1.56. The molecule has 0 heterocycles. The Balaban J connectivity index is 1.60. The smallest absolute Gasteiger partial charge is 0.228 e. The van der Waals surface area contributed by atoms with Gasteiger partial charge in [-0.05, 0) is 69.4 Å². The second-order valence-electron chi connectivity index (χ2n) is 6.88. The summed E-state index contributed by atoms with van der Waals surface area (Å²) in [7, 11) is 0. The van der Waals surface area contributed by atoms with Gasteiger partial charge < -0.3 is 5.32 Å². The minimum Gasteiger partial charge on any atom is -0.326 e. The molecule has 1 unspecified atom stereocenters. The van der Waals surface area contributed by atoms with Crippen molar-refractivity contribution >= 4 is 11.6 Å². The van der Waals surface area contributed by atoms with Crippen molar-refractivity contribution < 1.29 is 4.79 Å². The number of anilines is 1. The fourth-order valence-corrected chi connectivity index (χ4v) is 3.72. The Morgan fingerprint density at radius 3 is 1.96 bits per heavy atom. The number of benzene rings is 1. The highest BCUT2D eigenvalue weighted by Crippen LogP contribution is 2.52. The van der Waals surface area contributed by atoms with E-state index in [1.807, 2.05) is 24.3 Å². The molecular weight excluding hydrogens is 282 g/mol. The lowest BCUT2D eigenvalue weighted by atomic mass is 10.1. The predicted molar refractivity (Wildman–Crippen MR) is 96.3 cm³/mol. The molecule has 2 nitrogen and oxygen atoms in total. The summed E-state index contributed by atoms with van der Waals surface area (Å²) in [6, 6.07) is 8.08. The first-order chi connectivity index (χ1) is 11.3. The van der Waals surface area contributed by atoms with Crippen molar-refractivity contribution in [3.8, 4) is 0 Å². The summed E-state index contributed by atoms with van der Waals surface area (Å²) >= 11 is 0.